The minimum absolute atomic E-state index is 0.0876. The predicted molar refractivity (Wildman–Crippen MR) is 90.3 cm³/mol. The maximum absolute atomic E-state index is 12.3. The first-order valence-corrected chi connectivity index (χ1v) is 7.94. The van der Waals surface area contributed by atoms with Crippen LogP contribution in [0, 0.1) is 0 Å². The Hall–Kier alpha value is -2.34. The highest BCUT2D eigenvalue weighted by Gasteiger charge is 2.24. The number of nitrogens with zero attached hydrogens (tertiary/aromatic N) is 2. The van der Waals surface area contributed by atoms with Crippen molar-refractivity contribution in [2.24, 2.45) is 0 Å². The smallest absolute Gasteiger partial charge is 0.325 e. The topological polar surface area (TPSA) is 66.9 Å². The zero-order chi connectivity index (χ0) is 17.5. The Labute approximate surface area is 145 Å². The third-order valence-corrected chi connectivity index (χ3v) is 3.95. The summed E-state index contributed by atoms with van der Waals surface area (Å²) in [4.78, 5) is 38.6. The molecule has 1 fully saturated rings. The van der Waals surface area contributed by atoms with E-state index in [1.54, 1.807) is 23.1 Å². The van der Waals surface area contributed by atoms with Crippen molar-refractivity contribution in [1.29, 1.82) is 0 Å². The van der Waals surface area contributed by atoms with Crippen LogP contribution in [0.15, 0.2) is 30.3 Å². The van der Waals surface area contributed by atoms with Gasteiger partial charge in [0.2, 0.25) is 11.8 Å². The van der Waals surface area contributed by atoms with E-state index in [4.69, 9.17) is 11.6 Å². The molecule has 0 unspecified atom stereocenters. The fourth-order valence-corrected chi connectivity index (χ4v) is 2.56. The summed E-state index contributed by atoms with van der Waals surface area (Å²) in [6, 6.07) is 7.17. The molecule has 0 atom stereocenters. The lowest BCUT2D eigenvalue weighted by atomic mass is 10.2. The monoisotopic (exact) mass is 350 g/mol. The van der Waals surface area contributed by atoms with Crippen LogP contribution in [-0.4, -0.2) is 60.9 Å². The molecular weight excluding hydrogens is 332 g/mol. The number of ether oxygens (including phenoxy) is 1. The van der Waals surface area contributed by atoms with Crippen molar-refractivity contribution in [3.8, 4) is 0 Å². The molecule has 1 saturated heterocycles. The summed E-state index contributed by atoms with van der Waals surface area (Å²) in [6.07, 6.45) is 3.34. The van der Waals surface area contributed by atoms with Crippen LogP contribution in [0.5, 0.6) is 0 Å². The van der Waals surface area contributed by atoms with E-state index < -0.39 is 5.97 Å². The zero-order valence-corrected chi connectivity index (χ0v) is 14.2. The number of amides is 2. The van der Waals surface area contributed by atoms with E-state index >= 15 is 0 Å². The molecular formula is C17H19ClN2O4. The van der Waals surface area contributed by atoms with E-state index in [1.807, 2.05) is 12.1 Å². The normalized spacial score (nSPS) is 15.5. The van der Waals surface area contributed by atoms with Crippen molar-refractivity contribution in [3.05, 3.63) is 40.9 Å². The van der Waals surface area contributed by atoms with Gasteiger partial charge in [0.25, 0.3) is 0 Å². The molecule has 0 saturated carbocycles. The van der Waals surface area contributed by atoms with Crippen molar-refractivity contribution in [3.63, 3.8) is 0 Å². The number of hydrogen-bond donors (Lipinski definition) is 0. The second-order valence-corrected chi connectivity index (χ2v) is 5.79. The molecule has 2 amide bonds. The van der Waals surface area contributed by atoms with E-state index in [-0.39, 0.29) is 24.8 Å². The quantitative estimate of drug-likeness (QED) is 0.611. The molecule has 0 radical (unpaired) electrons. The molecule has 1 aliphatic rings. The fraction of sp³-hybridized carbons (Fsp3) is 0.353. The number of methoxy groups -OCH3 is 1. The number of rotatable bonds is 4. The lowest BCUT2D eigenvalue weighted by Gasteiger charge is -2.20. The molecule has 0 spiro atoms. The third-order valence-electron chi connectivity index (χ3n) is 3.71. The predicted octanol–water partition coefficient (Wildman–Crippen LogP) is 1.59. The number of esters is 1. The lowest BCUT2D eigenvalue weighted by Crippen LogP contribution is -2.38. The Kier molecular flexibility index (Phi) is 6.37. The van der Waals surface area contributed by atoms with Gasteiger partial charge >= 0.3 is 5.97 Å². The van der Waals surface area contributed by atoms with Gasteiger partial charge < -0.3 is 14.5 Å². The van der Waals surface area contributed by atoms with Crippen LogP contribution in [0.1, 0.15) is 12.0 Å². The summed E-state index contributed by atoms with van der Waals surface area (Å²) in [6.45, 7) is 0.928. The molecule has 24 heavy (non-hydrogen) atoms. The summed E-state index contributed by atoms with van der Waals surface area (Å²) >= 11 is 5.91. The molecule has 6 nitrogen and oxygen atoms in total. The number of carbonyl (C=O) groups excluding carboxylic acids is 3. The summed E-state index contributed by atoms with van der Waals surface area (Å²) in [5.74, 6) is -0.804. The van der Waals surface area contributed by atoms with Crippen molar-refractivity contribution in [2.75, 3.05) is 33.3 Å². The maximum Gasteiger partial charge on any atom is 0.325 e. The highest BCUT2D eigenvalue weighted by atomic mass is 35.5. The van der Waals surface area contributed by atoms with Crippen LogP contribution in [-0.2, 0) is 19.1 Å². The van der Waals surface area contributed by atoms with Crippen molar-refractivity contribution < 1.29 is 19.1 Å². The summed E-state index contributed by atoms with van der Waals surface area (Å²) < 4.78 is 4.58. The van der Waals surface area contributed by atoms with Crippen LogP contribution in [0.3, 0.4) is 0 Å². The van der Waals surface area contributed by atoms with Crippen LogP contribution in [0.25, 0.3) is 6.08 Å². The van der Waals surface area contributed by atoms with Gasteiger partial charge in [-0.2, -0.15) is 0 Å². The first-order valence-electron chi connectivity index (χ1n) is 7.57. The minimum atomic E-state index is -0.469. The van der Waals surface area contributed by atoms with Crippen LogP contribution < -0.4 is 0 Å². The molecule has 128 valence electrons. The van der Waals surface area contributed by atoms with Gasteiger partial charge in [-0.15, -0.1) is 0 Å². The summed E-state index contributed by atoms with van der Waals surface area (Å²) in [5, 5.41) is 0.600. The molecule has 1 aromatic rings. The Balaban J connectivity index is 1.96. The Bertz CT molecular complexity index is 660. The van der Waals surface area contributed by atoms with Crippen molar-refractivity contribution in [2.45, 2.75) is 6.42 Å². The first kappa shape index (κ1) is 18.0. The molecule has 0 aliphatic carbocycles. The van der Waals surface area contributed by atoms with E-state index in [0.717, 1.165) is 5.56 Å². The van der Waals surface area contributed by atoms with Gasteiger partial charge in [0, 0.05) is 37.2 Å². The Morgan fingerprint density at radius 2 is 2.08 bits per heavy atom. The number of halogens is 1. The van der Waals surface area contributed by atoms with Gasteiger partial charge in [0.1, 0.15) is 6.54 Å². The van der Waals surface area contributed by atoms with E-state index in [1.165, 1.54) is 18.1 Å². The van der Waals surface area contributed by atoms with Crippen LogP contribution in [0.4, 0.5) is 0 Å². The molecule has 7 heteroatoms. The molecule has 1 aromatic carbocycles. The number of benzene rings is 1. The van der Waals surface area contributed by atoms with Gasteiger partial charge in [0.05, 0.1) is 7.11 Å². The van der Waals surface area contributed by atoms with Crippen LogP contribution in [0.2, 0.25) is 5.02 Å². The first-order chi connectivity index (χ1) is 11.5. The van der Waals surface area contributed by atoms with E-state index in [2.05, 4.69) is 4.74 Å². The highest BCUT2D eigenvalue weighted by molar-refractivity contribution is 6.30. The zero-order valence-electron chi connectivity index (χ0n) is 13.4. The van der Waals surface area contributed by atoms with Crippen molar-refractivity contribution in [1.82, 2.24) is 9.80 Å². The van der Waals surface area contributed by atoms with Gasteiger partial charge in [-0.1, -0.05) is 23.7 Å². The lowest BCUT2D eigenvalue weighted by molar-refractivity contribution is -0.146. The molecule has 1 heterocycles. The van der Waals surface area contributed by atoms with Gasteiger partial charge in [-0.25, -0.2) is 0 Å². The van der Waals surface area contributed by atoms with Gasteiger partial charge in [-0.05, 0) is 23.8 Å². The largest absolute Gasteiger partial charge is 0.468 e. The van der Waals surface area contributed by atoms with Crippen LogP contribution >= 0.6 is 11.6 Å². The molecule has 2 rings (SSSR count). The van der Waals surface area contributed by atoms with E-state index in [0.29, 0.717) is 24.7 Å². The number of carbonyl (C=O) groups is 3. The Morgan fingerprint density at radius 3 is 2.79 bits per heavy atom. The molecule has 0 aromatic heterocycles. The molecule has 0 N–H and O–H groups in total. The van der Waals surface area contributed by atoms with Crippen molar-refractivity contribution >= 4 is 35.5 Å². The van der Waals surface area contributed by atoms with E-state index in [9.17, 15) is 14.4 Å². The minimum Gasteiger partial charge on any atom is -0.468 e. The molecule has 0 bridgehead atoms. The third kappa shape index (κ3) is 5.09. The second kappa shape index (κ2) is 8.49. The standard InChI is InChI=1S/C17H19ClN2O4/c1-24-17(23)12-20-10-9-19(8-7-16(20)22)15(21)6-5-13-3-2-4-14(18)11-13/h2-6,11H,7-10,12H2,1H3/b6-5+. The molecule has 1 aliphatic heterocycles. The second-order valence-electron chi connectivity index (χ2n) is 5.36. The fourth-order valence-electron chi connectivity index (χ4n) is 2.36. The number of hydrogen-bond acceptors (Lipinski definition) is 4. The SMILES string of the molecule is COC(=O)CN1CCN(C(=O)/C=C/c2cccc(Cl)c2)CCC1=O. The van der Waals surface area contributed by atoms with Gasteiger partial charge in [0.15, 0.2) is 0 Å². The Morgan fingerprint density at radius 1 is 1.29 bits per heavy atom. The highest BCUT2D eigenvalue weighted by Crippen LogP contribution is 2.12. The summed E-state index contributed by atoms with van der Waals surface area (Å²) in [7, 11) is 1.28. The average molecular weight is 351 g/mol. The maximum atomic E-state index is 12.3. The summed E-state index contributed by atoms with van der Waals surface area (Å²) in [5.41, 5.74) is 0.828. The average Bonchev–Trinajstić information content (AvgIpc) is 2.75. The van der Waals surface area contributed by atoms with Gasteiger partial charge in [-0.3, -0.25) is 14.4 Å².